The highest BCUT2D eigenvalue weighted by atomic mass is 16.5. The van der Waals surface area contributed by atoms with Gasteiger partial charge in [-0.05, 0) is 36.6 Å². The first-order valence-electron chi connectivity index (χ1n) is 7.16. The van der Waals surface area contributed by atoms with Crippen LogP contribution in [0.25, 0.3) is 0 Å². The van der Waals surface area contributed by atoms with E-state index in [0.717, 1.165) is 36.5 Å². The summed E-state index contributed by atoms with van der Waals surface area (Å²) < 4.78 is 5.33. The van der Waals surface area contributed by atoms with Gasteiger partial charge in [0.1, 0.15) is 5.75 Å². The lowest BCUT2D eigenvalue weighted by molar-refractivity contribution is -0.118. The predicted molar refractivity (Wildman–Crippen MR) is 83.8 cm³/mol. The summed E-state index contributed by atoms with van der Waals surface area (Å²) in [6, 6.07) is 16.2. The second-order valence-corrected chi connectivity index (χ2v) is 5.06. The van der Waals surface area contributed by atoms with Gasteiger partial charge in [0.05, 0.1) is 5.69 Å². The molecule has 0 unspecified atom stereocenters. The third-order valence-electron chi connectivity index (χ3n) is 3.43. The van der Waals surface area contributed by atoms with E-state index in [9.17, 15) is 4.79 Å². The largest absolute Gasteiger partial charge is 0.482 e. The number of hydrogen-bond acceptors (Lipinski definition) is 3. The molecule has 108 valence electrons. The Morgan fingerprint density at radius 2 is 2.00 bits per heavy atom. The van der Waals surface area contributed by atoms with Crippen molar-refractivity contribution in [1.82, 2.24) is 0 Å². The maximum absolute atomic E-state index is 11.3. The normalized spacial score (nSPS) is 13.0. The van der Waals surface area contributed by atoms with E-state index in [1.807, 2.05) is 24.3 Å². The average Bonchev–Trinajstić information content (AvgIpc) is 2.52. The molecule has 2 N–H and O–H groups in total. The molecule has 21 heavy (non-hydrogen) atoms. The average molecular weight is 282 g/mol. The number of carbonyl (C=O) groups excluding carboxylic acids is 1. The van der Waals surface area contributed by atoms with Crippen LogP contribution in [-0.4, -0.2) is 19.1 Å². The molecule has 2 aromatic rings. The molecule has 0 atom stereocenters. The third kappa shape index (κ3) is 3.54. The highest BCUT2D eigenvalue weighted by Crippen LogP contribution is 2.30. The first kappa shape index (κ1) is 13.5. The smallest absolute Gasteiger partial charge is 0.262 e. The van der Waals surface area contributed by atoms with Gasteiger partial charge in [-0.15, -0.1) is 0 Å². The fourth-order valence-corrected chi connectivity index (χ4v) is 2.36. The van der Waals surface area contributed by atoms with Crippen molar-refractivity contribution in [2.75, 3.05) is 23.8 Å². The molecule has 0 saturated carbocycles. The van der Waals surface area contributed by atoms with Crippen LogP contribution in [0.15, 0.2) is 48.5 Å². The second kappa shape index (κ2) is 6.31. The van der Waals surface area contributed by atoms with Gasteiger partial charge < -0.3 is 15.4 Å². The van der Waals surface area contributed by atoms with Gasteiger partial charge in [0, 0.05) is 12.2 Å². The van der Waals surface area contributed by atoms with Crippen molar-refractivity contribution in [2.45, 2.75) is 12.8 Å². The fourth-order valence-electron chi connectivity index (χ4n) is 2.36. The van der Waals surface area contributed by atoms with Gasteiger partial charge in [0.15, 0.2) is 6.61 Å². The molecule has 0 aromatic heterocycles. The van der Waals surface area contributed by atoms with E-state index >= 15 is 0 Å². The second-order valence-electron chi connectivity index (χ2n) is 5.06. The number of ether oxygens (including phenoxy) is 1. The molecule has 0 radical (unpaired) electrons. The van der Waals surface area contributed by atoms with Crippen LogP contribution in [0, 0.1) is 0 Å². The molecule has 0 bridgehead atoms. The molecule has 1 aliphatic heterocycles. The first-order chi connectivity index (χ1) is 10.3. The molecular weight excluding hydrogens is 264 g/mol. The number of hydrogen-bond donors (Lipinski definition) is 2. The van der Waals surface area contributed by atoms with Gasteiger partial charge in [-0.2, -0.15) is 0 Å². The van der Waals surface area contributed by atoms with Crippen LogP contribution in [0.1, 0.15) is 12.0 Å². The molecule has 2 aromatic carbocycles. The molecule has 4 nitrogen and oxygen atoms in total. The van der Waals surface area contributed by atoms with Gasteiger partial charge in [-0.1, -0.05) is 30.3 Å². The Bertz CT molecular complexity index is 626. The minimum absolute atomic E-state index is 0.0941. The van der Waals surface area contributed by atoms with Gasteiger partial charge in [-0.3, -0.25) is 4.79 Å². The molecule has 1 heterocycles. The van der Waals surface area contributed by atoms with Crippen molar-refractivity contribution in [1.29, 1.82) is 0 Å². The maximum Gasteiger partial charge on any atom is 0.262 e. The molecule has 1 amide bonds. The first-order valence-corrected chi connectivity index (χ1v) is 7.16. The van der Waals surface area contributed by atoms with Crippen LogP contribution >= 0.6 is 0 Å². The van der Waals surface area contributed by atoms with E-state index in [4.69, 9.17) is 4.74 Å². The zero-order valence-electron chi connectivity index (χ0n) is 11.8. The molecule has 0 spiro atoms. The highest BCUT2D eigenvalue weighted by molar-refractivity contribution is 5.96. The molecule has 0 aliphatic carbocycles. The van der Waals surface area contributed by atoms with Crippen molar-refractivity contribution in [3.63, 3.8) is 0 Å². The van der Waals surface area contributed by atoms with E-state index in [0.29, 0.717) is 0 Å². The van der Waals surface area contributed by atoms with E-state index in [-0.39, 0.29) is 12.5 Å². The van der Waals surface area contributed by atoms with Crippen LogP contribution in [-0.2, 0) is 11.2 Å². The van der Waals surface area contributed by atoms with E-state index in [2.05, 4.69) is 34.9 Å². The minimum Gasteiger partial charge on any atom is -0.482 e. The van der Waals surface area contributed by atoms with Crippen molar-refractivity contribution in [3.8, 4) is 5.75 Å². The summed E-state index contributed by atoms with van der Waals surface area (Å²) in [5.41, 5.74) is 3.08. The minimum atomic E-state index is -0.108. The molecule has 4 heteroatoms. The Morgan fingerprint density at radius 3 is 2.86 bits per heavy atom. The summed E-state index contributed by atoms with van der Waals surface area (Å²) in [5.74, 6) is 0.619. The number of benzene rings is 2. The SMILES string of the molecule is O=C1COc2ccc(NCCCc3ccccc3)cc2N1. The Labute approximate surface area is 124 Å². The number of carbonyl (C=O) groups is 1. The van der Waals surface area contributed by atoms with Crippen molar-refractivity contribution < 1.29 is 9.53 Å². The molecule has 0 fully saturated rings. The van der Waals surface area contributed by atoms with E-state index in [1.54, 1.807) is 0 Å². The maximum atomic E-state index is 11.3. The van der Waals surface area contributed by atoms with E-state index < -0.39 is 0 Å². The third-order valence-corrected chi connectivity index (χ3v) is 3.43. The molecule has 0 saturated heterocycles. The fraction of sp³-hybridized carbons (Fsp3) is 0.235. The van der Waals surface area contributed by atoms with Crippen molar-refractivity contribution in [2.24, 2.45) is 0 Å². The number of anilines is 2. The lowest BCUT2D eigenvalue weighted by Crippen LogP contribution is -2.25. The van der Waals surface area contributed by atoms with E-state index in [1.165, 1.54) is 5.56 Å². The van der Waals surface area contributed by atoms with Crippen molar-refractivity contribution in [3.05, 3.63) is 54.1 Å². The lowest BCUT2D eigenvalue weighted by Gasteiger charge is -2.18. The summed E-state index contributed by atoms with van der Waals surface area (Å²) in [5, 5.41) is 6.19. The van der Waals surface area contributed by atoms with Crippen molar-refractivity contribution >= 4 is 17.3 Å². The number of nitrogens with one attached hydrogen (secondary N) is 2. The Hall–Kier alpha value is -2.49. The molecule has 1 aliphatic rings. The van der Waals surface area contributed by atoms with Crippen LogP contribution < -0.4 is 15.4 Å². The lowest BCUT2D eigenvalue weighted by atomic mass is 10.1. The summed E-state index contributed by atoms with van der Waals surface area (Å²) in [4.78, 5) is 11.3. The van der Waals surface area contributed by atoms with Crippen LogP contribution in [0.4, 0.5) is 11.4 Å². The van der Waals surface area contributed by atoms with Gasteiger partial charge in [0.2, 0.25) is 0 Å². The number of fused-ring (bicyclic) bond motifs is 1. The number of rotatable bonds is 5. The van der Waals surface area contributed by atoms with Crippen LogP contribution in [0.2, 0.25) is 0 Å². The standard InChI is InChI=1S/C17H18N2O2/c20-17-12-21-16-9-8-14(11-15(16)19-17)18-10-4-7-13-5-2-1-3-6-13/h1-3,5-6,8-9,11,18H,4,7,10,12H2,(H,19,20). The highest BCUT2D eigenvalue weighted by Gasteiger charge is 2.15. The number of aryl methyl sites for hydroxylation is 1. The zero-order valence-corrected chi connectivity index (χ0v) is 11.8. The Balaban J connectivity index is 1.52. The quantitative estimate of drug-likeness (QED) is 0.829. The predicted octanol–water partition coefficient (Wildman–Crippen LogP) is 3.06. The zero-order chi connectivity index (χ0) is 14.5. The summed E-state index contributed by atoms with van der Waals surface area (Å²) in [6.45, 7) is 0.985. The summed E-state index contributed by atoms with van der Waals surface area (Å²) in [6.07, 6.45) is 2.11. The Kier molecular flexibility index (Phi) is 4.05. The van der Waals surface area contributed by atoms with Gasteiger partial charge in [0.25, 0.3) is 5.91 Å². The van der Waals surface area contributed by atoms with Crippen LogP contribution in [0.5, 0.6) is 5.75 Å². The number of amides is 1. The molecule has 3 rings (SSSR count). The summed E-state index contributed by atoms with van der Waals surface area (Å²) >= 11 is 0. The monoisotopic (exact) mass is 282 g/mol. The van der Waals surface area contributed by atoms with Gasteiger partial charge >= 0.3 is 0 Å². The molecular formula is C17H18N2O2. The topological polar surface area (TPSA) is 50.4 Å². The van der Waals surface area contributed by atoms with Crippen LogP contribution in [0.3, 0.4) is 0 Å². The summed E-state index contributed by atoms with van der Waals surface area (Å²) in [7, 11) is 0. The Morgan fingerprint density at radius 1 is 1.14 bits per heavy atom. The van der Waals surface area contributed by atoms with Gasteiger partial charge in [-0.25, -0.2) is 0 Å².